The molecule has 0 spiro atoms. The lowest BCUT2D eigenvalue weighted by atomic mass is 9.80. The highest BCUT2D eigenvalue weighted by molar-refractivity contribution is 6.39. The molecule has 15 atom stereocenters. The molecule has 1 aliphatic carbocycles. The van der Waals surface area contributed by atoms with Crippen LogP contribution in [0.25, 0.3) is 33.4 Å². The van der Waals surface area contributed by atoms with Gasteiger partial charge in [-0.3, -0.25) is 38.5 Å². The normalized spacial score (nSPS) is 27.1. The van der Waals surface area contributed by atoms with Crippen LogP contribution in [-0.2, 0) is 79.8 Å². The summed E-state index contributed by atoms with van der Waals surface area (Å²) in [6, 6.07) is 3.24. The number of ether oxygens (including phenoxy) is 7. The number of esters is 1. The summed E-state index contributed by atoms with van der Waals surface area (Å²) < 4.78 is 49.0. The molecule has 10 heterocycles. The van der Waals surface area contributed by atoms with Crippen molar-refractivity contribution in [3.8, 4) is 11.3 Å². The Morgan fingerprint density at radius 1 is 0.709 bits per heavy atom. The van der Waals surface area contributed by atoms with Gasteiger partial charge in [-0.15, -0.1) is 0 Å². The first-order chi connectivity index (χ1) is 64.4. The molecule has 5 aliphatic heterocycles. The molecule has 1 aromatic carbocycles. The third kappa shape index (κ3) is 27.3. The van der Waals surface area contributed by atoms with E-state index in [0.717, 1.165) is 29.1 Å². The number of cyclic esters (lactones) is 1. The van der Waals surface area contributed by atoms with E-state index in [1.165, 1.54) is 38.8 Å². The topological polar surface area (TPSA) is 530 Å². The Balaban J connectivity index is 0.522. The SMILES string of the molecule is CO[C@H]1C[C@@H]2CC[C@@H](C)[C@@](O)(O2)C(=O)C(=O)N2CCCC[C@H]2C(=O)O[C@H]([C@H](N)C[C@@H]2CC[C@@H](OC(=O)NCc3cnc(N4CCN(C(=O)CCOCCN5CCN(c6ncc(C(=O)NCCOCCC(=O)NCCCCn7nc(-c8ccc9oc(N)nc9c8)c8c(N)ncnc87)cn6)CC5)CC4)nc3)[C@H](OC)C2)CC(=O)[C@H](C)/C=C(\C)[C@@H](O)[C@@H](O)C(=O)[C@H](C)C[C@H](C)/C=C/C=C/C=C/1C. The lowest BCUT2D eigenvalue weighted by molar-refractivity contribution is -0.265. The number of methoxy groups -OCH3 is 2. The number of unbranched alkanes of at least 4 members (excludes halogenated alkanes) is 1. The number of aromatic nitrogens is 9. The number of fused-ring (bicyclic) bond motifs is 5. The van der Waals surface area contributed by atoms with E-state index >= 15 is 0 Å². The summed E-state index contributed by atoms with van der Waals surface area (Å²) in [5.74, 6) is -8.60. The van der Waals surface area contributed by atoms with E-state index in [1.54, 1.807) is 51.0 Å². The molecular formula is C94H132N20O20. The maximum atomic E-state index is 14.7. The first-order valence-electron chi connectivity index (χ1n) is 46.8. The summed E-state index contributed by atoms with van der Waals surface area (Å²) in [4.78, 5) is 164. The van der Waals surface area contributed by atoms with Crippen LogP contribution in [0.15, 0.2) is 101 Å². The molecule has 12 rings (SSSR count). The zero-order chi connectivity index (χ0) is 95.7. The number of carbonyl (C=O) groups is 9. The monoisotopic (exact) mass is 1860 g/mol. The summed E-state index contributed by atoms with van der Waals surface area (Å²) in [6.07, 6.45) is 15.9. The third-order valence-corrected chi connectivity index (χ3v) is 26.2. The number of piperazine rings is 2. The minimum Gasteiger partial charge on any atom is -0.459 e. The standard InChI is InChI=1S/C94H132N20O20/c1-57-16-10-9-11-17-58(2)74(127-7)49-67-22-19-62(6)94(126,134-67)84(121)88(123)113-29-14-12-18-70(113)89(124)131-75(50-71(115)59(3)45-61(5)82(119)83(120)81(118)60(4)44-57)68(95)46-63-20-23-73(76(47-63)128-8)133-93(125)104-53-64-51-100-91(101-52-64)112-37-35-110(36-38-112)78(117)26-41-130-43-39-109-31-33-111(34-32-109)92-102-54-66(55-103-92)87(122)99-28-42-129-40-25-77(116)98-27-13-15-30-114-86-79(85(96)105-56-106-86)80(108-114)65-21-24-72-69(48-65)107-90(97)132-72/h9-11,16-17,21,24,45,48,51-52,54-57,59-60,62-63,67-68,70,73-76,82-83,119-120,126H,12-15,18-20,22-23,25-44,46-47,49-50,53,95H2,1-8H3,(H2,97,107)(H,98,116)(H,99,122)(H,104,125)(H2,96,105,106)/b11-9+,16-10+,58-17+,61-45+/t57-,59-,60-,62-,63+,67+,68-,70+,73-,74+,75+,76-,82-,83+,94-/m1/s1. The van der Waals surface area contributed by atoms with E-state index in [0.29, 0.717) is 186 Å². The Hall–Kier alpha value is -11.2. The molecule has 0 unspecified atom stereocenters. The summed E-state index contributed by atoms with van der Waals surface area (Å²) in [5, 5.41) is 48.7. The molecule has 4 saturated heterocycles. The fraction of sp³-hybridized carbons (Fsp3) is 0.606. The molecule has 2 bridgehead atoms. The van der Waals surface area contributed by atoms with E-state index in [2.05, 4.69) is 60.6 Å². The molecule has 5 amide bonds. The number of nitrogens with zero attached hydrogens (tertiary/aromatic N) is 14. The summed E-state index contributed by atoms with van der Waals surface area (Å²) in [6.45, 7) is 18.2. The van der Waals surface area contributed by atoms with Crippen LogP contribution in [0.1, 0.15) is 160 Å². The highest BCUT2D eigenvalue weighted by Gasteiger charge is 2.53. The summed E-state index contributed by atoms with van der Waals surface area (Å²) in [7, 11) is 3.05. The van der Waals surface area contributed by atoms with Crippen molar-refractivity contribution >= 4 is 98.9 Å². The Bertz CT molecular complexity index is 5110. The molecule has 6 aromatic rings. The lowest BCUT2D eigenvalue weighted by Crippen LogP contribution is -2.61. The number of amides is 5. The van der Waals surface area contributed by atoms with Crippen LogP contribution in [0, 0.1) is 29.6 Å². The van der Waals surface area contributed by atoms with E-state index in [4.69, 9.17) is 59.9 Å². The largest absolute Gasteiger partial charge is 0.459 e. The highest BCUT2D eigenvalue weighted by atomic mass is 16.6. The van der Waals surface area contributed by atoms with Gasteiger partial charge in [0.05, 0.1) is 62.1 Å². The van der Waals surface area contributed by atoms with Crippen molar-refractivity contribution in [1.82, 2.24) is 75.3 Å². The second-order valence-electron chi connectivity index (χ2n) is 36.0. The van der Waals surface area contributed by atoms with Crippen molar-refractivity contribution in [2.24, 2.45) is 35.3 Å². The second kappa shape index (κ2) is 48.8. The fourth-order valence-corrected chi connectivity index (χ4v) is 18.1. The van der Waals surface area contributed by atoms with E-state index in [-0.39, 0.29) is 113 Å². The van der Waals surface area contributed by atoms with Crippen LogP contribution in [0.5, 0.6) is 0 Å². The van der Waals surface area contributed by atoms with Crippen LogP contribution >= 0.6 is 0 Å². The quantitative estimate of drug-likeness (QED) is 0.0122. The van der Waals surface area contributed by atoms with Crippen LogP contribution in [0.4, 0.5) is 28.5 Å². The van der Waals surface area contributed by atoms with Gasteiger partial charge in [-0.25, -0.2) is 44.2 Å². The highest BCUT2D eigenvalue weighted by Crippen LogP contribution is 2.39. The van der Waals surface area contributed by atoms with Crippen molar-refractivity contribution in [3.63, 3.8) is 0 Å². The molecule has 40 nitrogen and oxygen atoms in total. The van der Waals surface area contributed by atoms with Gasteiger partial charge < -0.3 is 106 Å². The predicted molar refractivity (Wildman–Crippen MR) is 494 cm³/mol. The Morgan fingerprint density at radius 2 is 1.43 bits per heavy atom. The zero-order valence-corrected chi connectivity index (χ0v) is 78.0. The number of aliphatic hydroxyl groups excluding tert-OH is 2. The number of piperidine rings is 1. The van der Waals surface area contributed by atoms with Crippen LogP contribution < -0.4 is 43.0 Å². The molecule has 5 fully saturated rings. The maximum Gasteiger partial charge on any atom is 0.407 e. The maximum absolute atomic E-state index is 14.7. The van der Waals surface area contributed by atoms with Gasteiger partial charge in [-0.2, -0.15) is 10.1 Å². The Morgan fingerprint density at radius 3 is 2.17 bits per heavy atom. The number of ketones is 3. The first-order valence-corrected chi connectivity index (χ1v) is 46.8. The second-order valence-corrected chi connectivity index (χ2v) is 36.0. The van der Waals surface area contributed by atoms with Crippen molar-refractivity contribution in [3.05, 3.63) is 108 Å². The molecule has 728 valence electrons. The van der Waals surface area contributed by atoms with Crippen molar-refractivity contribution in [2.45, 2.75) is 218 Å². The molecule has 0 radical (unpaired) electrons. The molecule has 1 saturated carbocycles. The average Bonchev–Trinajstić information content (AvgIpc) is 1.70. The van der Waals surface area contributed by atoms with Gasteiger partial charge in [0.2, 0.25) is 29.5 Å². The number of hydrogen-bond donors (Lipinski definition) is 9. The number of aryl methyl sites for hydroxylation is 1. The molecule has 5 aromatic heterocycles. The number of Topliss-reactive ketones (excluding diaryl/α,β-unsaturated/α-hetero) is 3. The number of allylic oxidation sites excluding steroid dienone is 6. The number of carbonyl (C=O) groups excluding carboxylic acids is 9. The summed E-state index contributed by atoms with van der Waals surface area (Å²) in [5.41, 5.74) is 24.1. The van der Waals surface area contributed by atoms with Gasteiger partial charge in [0.15, 0.2) is 17.0 Å². The molecule has 134 heavy (non-hydrogen) atoms. The fourth-order valence-electron chi connectivity index (χ4n) is 18.1. The number of anilines is 4. The molecular weight excluding hydrogens is 1730 g/mol. The Labute approximate surface area is 779 Å². The third-order valence-electron chi connectivity index (χ3n) is 26.2. The van der Waals surface area contributed by atoms with Gasteiger partial charge in [-0.05, 0) is 132 Å². The minimum atomic E-state index is -2.52. The number of aliphatic hydroxyl groups is 3. The number of nitrogens with two attached hydrogens (primary N) is 3. The van der Waals surface area contributed by atoms with Crippen molar-refractivity contribution in [1.29, 1.82) is 0 Å². The number of oxazole rings is 1. The van der Waals surface area contributed by atoms with Crippen molar-refractivity contribution in [2.75, 3.05) is 140 Å². The average molecular weight is 1860 g/mol. The smallest absolute Gasteiger partial charge is 0.407 e. The Kier molecular flexibility index (Phi) is 37.1. The lowest BCUT2D eigenvalue weighted by Gasteiger charge is -2.42. The number of benzene rings is 1. The molecule has 12 N–H and O–H groups in total. The number of nitrogen functional groups attached to an aromatic ring is 2. The van der Waals surface area contributed by atoms with Gasteiger partial charge in [0, 0.05) is 185 Å². The van der Waals surface area contributed by atoms with Gasteiger partial charge in [0.1, 0.15) is 59.6 Å². The molecule has 6 aliphatic rings. The van der Waals surface area contributed by atoms with E-state index in [1.807, 2.05) is 66.2 Å². The first kappa shape index (κ1) is 102. The zero-order valence-electron chi connectivity index (χ0n) is 78.0. The van der Waals surface area contributed by atoms with Gasteiger partial charge in [0.25, 0.3) is 23.6 Å². The number of hydrogen-bond acceptors (Lipinski definition) is 34. The van der Waals surface area contributed by atoms with E-state index in [9.17, 15) is 58.5 Å². The van der Waals surface area contributed by atoms with E-state index < -0.39 is 120 Å². The number of nitrogens with one attached hydrogen (secondary N) is 3. The van der Waals surface area contributed by atoms with Crippen LogP contribution in [-0.4, -0.2) is 308 Å². The number of alkyl carbamates (subject to hydrolysis) is 1. The van der Waals surface area contributed by atoms with Gasteiger partial charge >= 0.3 is 12.1 Å². The van der Waals surface area contributed by atoms with Crippen LogP contribution in [0.3, 0.4) is 0 Å². The summed E-state index contributed by atoms with van der Waals surface area (Å²) >= 11 is 0. The minimum absolute atomic E-state index is 0.00609. The predicted octanol–water partition coefficient (Wildman–Crippen LogP) is 5.45. The number of rotatable bonds is 29. The van der Waals surface area contributed by atoms with Gasteiger partial charge in [-0.1, -0.05) is 64.2 Å². The van der Waals surface area contributed by atoms with Crippen LogP contribution in [0.2, 0.25) is 0 Å². The molecule has 40 heteroatoms. The van der Waals surface area contributed by atoms with Crippen molar-refractivity contribution < 1.29 is 96.0 Å².